The number of H-pyrrole nitrogens is 1. The van der Waals surface area contributed by atoms with Gasteiger partial charge in [0.25, 0.3) is 5.91 Å². The topological polar surface area (TPSA) is 101 Å². The molecule has 8 heteroatoms. The van der Waals surface area contributed by atoms with Crippen LogP contribution in [0.15, 0.2) is 59.4 Å². The number of carbonyl (C=O) groups excluding carboxylic acids is 2. The highest BCUT2D eigenvalue weighted by Crippen LogP contribution is 2.19. The SMILES string of the molecule is O=C(COC(=O)c1cc(=O)[nH]c2ccccc12)Nc1ccc(N2CCOCC2)cc1. The standard InChI is InChI=1S/C22H21N3O5/c26-20-13-18(17-3-1-2-4-19(17)24-20)22(28)30-14-21(27)23-15-5-7-16(8-6-15)25-9-11-29-12-10-25/h1-8,13H,9-12,14H2,(H,23,27)(H,24,26). The van der Waals surface area contributed by atoms with Crippen molar-refractivity contribution >= 4 is 34.2 Å². The summed E-state index contributed by atoms with van der Waals surface area (Å²) in [4.78, 5) is 41.2. The van der Waals surface area contributed by atoms with Gasteiger partial charge in [0.15, 0.2) is 6.61 Å². The van der Waals surface area contributed by atoms with E-state index in [2.05, 4.69) is 15.2 Å². The van der Waals surface area contributed by atoms with Crippen LogP contribution in [0, 0.1) is 0 Å². The molecule has 0 saturated carbocycles. The molecule has 1 aliphatic heterocycles. The Balaban J connectivity index is 1.36. The Morgan fingerprint density at radius 2 is 1.80 bits per heavy atom. The summed E-state index contributed by atoms with van der Waals surface area (Å²) in [6.45, 7) is 2.61. The van der Waals surface area contributed by atoms with E-state index in [9.17, 15) is 14.4 Å². The maximum absolute atomic E-state index is 12.4. The number of anilines is 2. The number of carbonyl (C=O) groups is 2. The third kappa shape index (κ3) is 4.49. The van der Waals surface area contributed by atoms with E-state index in [0.717, 1.165) is 18.8 Å². The fourth-order valence-electron chi connectivity index (χ4n) is 3.36. The first-order valence-electron chi connectivity index (χ1n) is 9.62. The number of pyridine rings is 1. The summed E-state index contributed by atoms with van der Waals surface area (Å²) in [5.41, 5.74) is 1.91. The molecule has 154 valence electrons. The Labute approximate surface area is 172 Å². The number of benzene rings is 2. The molecule has 0 unspecified atom stereocenters. The highest BCUT2D eigenvalue weighted by Gasteiger charge is 2.15. The number of nitrogens with zero attached hydrogens (tertiary/aromatic N) is 1. The van der Waals surface area contributed by atoms with Crippen LogP contribution >= 0.6 is 0 Å². The van der Waals surface area contributed by atoms with Crippen molar-refractivity contribution < 1.29 is 19.1 Å². The molecular weight excluding hydrogens is 386 g/mol. The number of amides is 1. The normalized spacial score (nSPS) is 13.8. The lowest BCUT2D eigenvalue weighted by Gasteiger charge is -2.28. The molecule has 1 aliphatic rings. The summed E-state index contributed by atoms with van der Waals surface area (Å²) in [5, 5.41) is 3.26. The molecule has 8 nitrogen and oxygen atoms in total. The molecule has 0 spiro atoms. The molecule has 1 aromatic heterocycles. The van der Waals surface area contributed by atoms with E-state index in [0.29, 0.717) is 29.8 Å². The first kappa shape index (κ1) is 19.7. The molecule has 0 atom stereocenters. The minimum absolute atomic E-state index is 0.122. The number of ether oxygens (including phenoxy) is 2. The minimum atomic E-state index is -0.727. The van der Waals surface area contributed by atoms with Gasteiger partial charge in [0.2, 0.25) is 5.56 Å². The van der Waals surface area contributed by atoms with Gasteiger partial charge in [-0.2, -0.15) is 0 Å². The maximum Gasteiger partial charge on any atom is 0.339 e. The van der Waals surface area contributed by atoms with Crippen LogP contribution in [0.3, 0.4) is 0 Å². The van der Waals surface area contributed by atoms with E-state index < -0.39 is 24.0 Å². The molecule has 3 aromatic rings. The fourth-order valence-corrected chi connectivity index (χ4v) is 3.36. The molecule has 1 amide bonds. The van der Waals surface area contributed by atoms with Gasteiger partial charge in [0, 0.05) is 41.4 Å². The van der Waals surface area contributed by atoms with Gasteiger partial charge in [-0.05, 0) is 30.3 Å². The van der Waals surface area contributed by atoms with Crippen molar-refractivity contribution in [1.82, 2.24) is 4.98 Å². The van der Waals surface area contributed by atoms with Gasteiger partial charge < -0.3 is 24.7 Å². The van der Waals surface area contributed by atoms with Crippen molar-refractivity contribution in [3.63, 3.8) is 0 Å². The van der Waals surface area contributed by atoms with Crippen LogP contribution < -0.4 is 15.8 Å². The molecule has 2 N–H and O–H groups in total. The number of aromatic amines is 1. The van der Waals surface area contributed by atoms with E-state index in [1.165, 1.54) is 6.07 Å². The van der Waals surface area contributed by atoms with Crippen molar-refractivity contribution in [1.29, 1.82) is 0 Å². The summed E-state index contributed by atoms with van der Waals surface area (Å²) in [6.07, 6.45) is 0. The second-order valence-corrected chi connectivity index (χ2v) is 6.86. The number of rotatable bonds is 5. The molecule has 0 bridgehead atoms. The number of para-hydroxylation sites is 1. The Morgan fingerprint density at radius 3 is 2.57 bits per heavy atom. The zero-order valence-electron chi connectivity index (χ0n) is 16.2. The van der Waals surface area contributed by atoms with Crippen molar-refractivity contribution in [2.24, 2.45) is 0 Å². The van der Waals surface area contributed by atoms with Gasteiger partial charge in [0.1, 0.15) is 0 Å². The van der Waals surface area contributed by atoms with Crippen LogP contribution in [0.1, 0.15) is 10.4 Å². The van der Waals surface area contributed by atoms with Crippen LogP contribution in [0.4, 0.5) is 11.4 Å². The van der Waals surface area contributed by atoms with Crippen molar-refractivity contribution in [3.8, 4) is 0 Å². The smallest absolute Gasteiger partial charge is 0.339 e. The van der Waals surface area contributed by atoms with Crippen molar-refractivity contribution in [2.75, 3.05) is 43.1 Å². The molecule has 4 rings (SSSR count). The predicted octanol–water partition coefficient (Wildman–Crippen LogP) is 2.16. The molecule has 1 fully saturated rings. The maximum atomic E-state index is 12.4. The molecule has 2 aromatic carbocycles. The zero-order chi connectivity index (χ0) is 20.9. The quantitative estimate of drug-likeness (QED) is 0.629. The second-order valence-electron chi connectivity index (χ2n) is 6.86. The van der Waals surface area contributed by atoms with Crippen LogP contribution in [-0.4, -0.2) is 49.8 Å². The lowest BCUT2D eigenvalue weighted by atomic mass is 10.1. The van der Waals surface area contributed by atoms with Crippen molar-refractivity contribution in [2.45, 2.75) is 0 Å². The Kier molecular flexibility index (Phi) is 5.76. The monoisotopic (exact) mass is 407 g/mol. The van der Waals surface area contributed by atoms with Gasteiger partial charge >= 0.3 is 5.97 Å². The molecule has 2 heterocycles. The number of morpholine rings is 1. The average Bonchev–Trinajstić information content (AvgIpc) is 2.78. The lowest BCUT2D eigenvalue weighted by molar-refractivity contribution is -0.119. The third-order valence-corrected chi connectivity index (χ3v) is 4.83. The lowest BCUT2D eigenvalue weighted by Crippen LogP contribution is -2.36. The van der Waals surface area contributed by atoms with Crippen LogP contribution in [-0.2, 0) is 14.3 Å². The Hall–Kier alpha value is -3.65. The van der Waals surface area contributed by atoms with Crippen molar-refractivity contribution in [3.05, 3.63) is 70.5 Å². The Morgan fingerprint density at radius 1 is 1.07 bits per heavy atom. The summed E-state index contributed by atoms with van der Waals surface area (Å²) in [6, 6.07) is 15.5. The molecule has 30 heavy (non-hydrogen) atoms. The molecule has 0 aliphatic carbocycles. The van der Waals surface area contributed by atoms with Crippen LogP contribution in [0.25, 0.3) is 10.9 Å². The van der Waals surface area contributed by atoms with Crippen LogP contribution in [0.5, 0.6) is 0 Å². The molecule has 1 saturated heterocycles. The Bertz CT molecular complexity index is 1120. The van der Waals surface area contributed by atoms with E-state index >= 15 is 0 Å². The number of hydrogen-bond acceptors (Lipinski definition) is 6. The second kappa shape index (κ2) is 8.79. The fraction of sp³-hybridized carbons (Fsp3) is 0.227. The number of aromatic nitrogens is 1. The highest BCUT2D eigenvalue weighted by atomic mass is 16.5. The van der Waals surface area contributed by atoms with Gasteiger partial charge in [0.05, 0.1) is 18.8 Å². The predicted molar refractivity (Wildman–Crippen MR) is 113 cm³/mol. The number of hydrogen-bond donors (Lipinski definition) is 2. The summed E-state index contributed by atoms with van der Waals surface area (Å²) < 4.78 is 10.5. The summed E-state index contributed by atoms with van der Waals surface area (Å²) in [5.74, 6) is -1.19. The number of esters is 1. The number of fused-ring (bicyclic) bond motifs is 1. The zero-order valence-corrected chi connectivity index (χ0v) is 16.2. The molecule has 0 radical (unpaired) electrons. The van der Waals surface area contributed by atoms with E-state index in [-0.39, 0.29) is 5.56 Å². The third-order valence-electron chi connectivity index (χ3n) is 4.83. The first-order chi connectivity index (χ1) is 14.6. The van der Waals surface area contributed by atoms with E-state index in [1.807, 2.05) is 12.1 Å². The summed E-state index contributed by atoms with van der Waals surface area (Å²) in [7, 11) is 0. The summed E-state index contributed by atoms with van der Waals surface area (Å²) >= 11 is 0. The molecular formula is C22H21N3O5. The van der Waals surface area contributed by atoms with Gasteiger partial charge in [-0.3, -0.25) is 9.59 Å². The van der Waals surface area contributed by atoms with Gasteiger partial charge in [-0.25, -0.2) is 4.79 Å². The minimum Gasteiger partial charge on any atom is -0.452 e. The van der Waals surface area contributed by atoms with Crippen LogP contribution in [0.2, 0.25) is 0 Å². The average molecular weight is 407 g/mol. The first-order valence-corrected chi connectivity index (χ1v) is 9.62. The van der Waals surface area contributed by atoms with Gasteiger partial charge in [-0.1, -0.05) is 18.2 Å². The van der Waals surface area contributed by atoms with E-state index in [4.69, 9.17) is 9.47 Å². The van der Waals surface area contributed by atoms with E-state index in [1.54, 1.807) is 36.4 Å². The highest BCUT2D eigenvalue weighted by molar-refractivity contribution is 6.04. The number of nitrogens with one attached hydrogen (secondary N) is 2. The van der Waals surface area contributed by atoms with Gasteiger partial charge in [-0.15, -0.1) is 0 Å². The largest absolute Gasteiger partial charge is 0.452 e.